The van der Waals surface area contributed by atoms with E-state index < -0.39 is 0 Å². The molecule has 4 rings (SSSR count). The van der Waals surface area contributed by atoms with Crippen molar-refractivity contribution in [2.45, 2.75) is 45.1 Å². The van der Waals surface area contributed by atoms with Crippen molar-refractivity contribution in [3.8, 4) is 0 Å². The van der Waals surface area contributed by atoms with E-state index in [9.17, 15) is 9.59 Å². The van der Waals surface area contributed by atoms with Crippen molar-refractivity contribution in [1.29, 1.82) is 0 Å². The highest BCUT2D eigenvalue weighted by molar-refractivity contribution is 5.84. The first-order chi connectivity index (χ1) is 14.6. The van der Waals surface area contributed by atoms with Crippen LogP contribution in [0.4, 0.5) is 0 Å². The fraction of sp³-hybridized carbons (Fsp3) is 0.609. The summed E-state index contributed by atoms with van der Waals surface area (Å²) >= 11 is 0. The number of hydrogen-bond donors (Lipinski definition) is 1. The normalized spacial score (nSPS) is 19.3. The van der Waals surface area contributed by atoms with Gasteiger partial charge in [-0.25, -0.2) is 4.98 Å². The molecule has 1 unspecified atom stereocenters. The van der Waals surface area contributed by atoms with Crippen LogP contribution in [0.5, 0.6) is 0 Å². The van der Waals surface area contributed by atoms with Gasteiger partial charge in [-0.05, 0) is 70.8 Å². The van der Waals surface area contributed by atoms with Gasteiger partial charge in [0.2, 0.25) is 11.8 Å². The predicted octanol–water partition coefficient (Wildman–Crippen LogP) is 2.44. The number of nitrogens with zero attached hydrogens (tertiary/aromatic N) is 4. The molecule has 1 aromatic carbocycles. The Morgan fingerprint density at radius 3 is 2.63 bits per heavy atom. The minimum Gasteiger partial charge on any atom is -0.356 e. The molecule has 2 aliphatic rings. The van der Waals surface area contributed by atoms with Gasteiger partial charge in [0, 0.05) is 25.6 Å². The Morgan fingerprint density at radius 2 is 1.87 bits per heavy atom. The van der Waals surface area contributed by atoms with Gasteiger partial charge in [-0.3, -0.25) is 9.59 Å². The lowest BCUT2D eigenvalue weighted by Gasteiger charge is -2.33. The van der Waals surface area contributed by atoms with Crippen LogP contribution in [-0.2, 0) is 9.59 Å². The number of aromatic nitrogens is 2. The number of amides is 2. The van der Waals surface area contributed by atoms with E-state index in [1.54, 1.807) is 6.33 Å². The molecule has 1 atom stereocenters. The number of fused-ring (bicyclic) bond motifs is 1. The van der Waals surface area contributed by atoms with E-state index >= 15 is 0 Å². The van der Waals surface area contributed by atoms with Crippen molar-refractivity contribution in [3.63, 3.8) is 0 Å². The molecule has 7 nitrogen and oxygen atoms in total. The molecule has 3 heterocycles. The average Bonchev–Trinajstić information content (AvgIpc) is 3.45. The molecule has 2 saturated heterocycles. The van der Waals surface area contributed by atoms with Crippen LogP contribution < -0.4 is 5.32 Å². The average molecular weight is 412 g/mol. The Bertz CT molecular complexity index is 865. The van der Waals surface area contributed by atoms with Gasteiger partial charge >= 0.3 is 0 Å². The number of carbonyl (C=O) groups excluding carboxylic acids is 2. The molecule has 0 spiro atoms. The van der Waals surface area contributed by atoms with Crippen LogP contribution in [0.1, 0.15) is 45.1 Å². The second kappa shape index (κ2) is 9.60. The first-order valence-electron chi connectivity index (χ1n) is 11.3. The van der Waals surface area contributed by atoms with E-state index in [-0.39, 0.29) is 23.8 Å². The third-order valence-corrected chi connectivity index (χ3v) is 6.58. The van der Waals surface area contributed by atoms with E-state index in [4.69, 9.17) is 0 Å². The molecule has 0 bridgehead atoms. The molecule has 1 aromatic heterocycles. The Kier molecular flexibility index (Phi) is 6.67. The number of imidazole rings is 1. The Hall–Kier alpha value is -2.41. The topological polar surface area (TPSA) is 70.5 Å². The number of rotatable bonds is 7. The summed E-state index contributed by atoms with van der Waals surface area (Å²) in [7, 11) is 0. The summed E-state index contributed by atoms with van der Waals surface area (Å²) in [6.45, 7) is 7.44. The lowest BCUT2D eigenvalue weighted by molar-refractivity contribution is -0.138. The molecule has 0 radical (unpaired) electrons. The van der Waals surface area contributed by atoms with Gasteiger partial charge in [0.25, 0.3) is 0 Å². The second-order valence-electron chi connectivity index (χ2n) is 8.61. The van der Waals surface area contributed by atoms with Crippen molar-refractivity contribution in [2.75, 3.05) is 39.3 Å². The van der Waals surface area contributed by atoms with Crippen LogP contribution >= 0.6 is 0 Å². The second-order valence-corrected chi connectivity index (χ2v) is 8.61. The van der Waals surface area contributed by atoms with Crippen molar-refractivity contribution < 1.29 is 9.59 Å². The van der Waals surface area contributed by atoms with Crippen molar-refractivity contribution in [3.05, 3.63) is 30.6 Å². The first kappa shape index (κ1) is 20.8. The molecule has 2 aliphatic heterocycles. The lowest BCUT2D eigenvalue weighted by atomic mass is 9.95. The molecular weight excluding hydrogens is 378 g/mol. The molecule has 0 aliphatic carbocycles. The predicted molar refractivity (Wildman–Crippen MR) is 117 cm³/mol. The third-order valence-electron chi connectivity index (χ3n) is 6.58. The van der Waals surface area contributed by atoms with Crippen LogP contribution in [0, 0.1) is 5.92 Å². The summed E-state index contributed by atoms with van der Waals surface area (Å²) < 4.78 is 1.94. The van der Waals surface area contributed by atoms with Crippen LogP contribution in [0.3, 0.4) is 0 Å². The molecule has 7 heteroatoms. The van der Waals surface area contributed by atoms with E-state index in [1.165, 1.54) is 25.9 Å². The standard InChI is InChI=1S/C23H33N5O2/c1-18(28-17-25-20-7-2-3-8-21(20)28)23(30)27-15-9-19(10-16-27)22(29)24-11-6-14-26-12-4-5-13-26/h2-3,7-8,17-19H,4-6,9-16H2,1H3,(H,24,29). The number of para-hydroxylation sites is 2. The summed E-state index contributed by atoms with van der Waals surface area (Å²) in [6, 6.07) is 7.57. The highest BCUT2D eigenvalue weighted by Crippen LogP contribution is 2.23. The number of benzene rings is 1. The Labute approximate surface area is 178 Å². The van der Waals surface area contributed by atoms with Crippen LogP contribution in [0.2, 0.25) is 0 Å². The number of carbonyl (C=O) groups is 2. The number of hydrogen-bond acceptors (Lipinski definition) is 4. The van der Waals surface area contributed by atoms with E-state index in [0.717, 1.165) is 43.4 Å². The van der Waals surface area contributed by atoms with Crippen molar-refractivity contribution in [1.82, 2.24) is 24.7 Å². The van der Waals surface area contributed by atoms with Gasteiger partial charge in [0.1, 0.15) is 6.04 Å². The third kappa shape index (κ3) is 4.67. The monoisotopic (exact) mass is 411 g/mol. The number of nitrogens with one attached hydrogen (secondary N) is 1. The fourth-order valence-corrected chi connectivity index (χ4v) is 4.70. The zero-order valence-corrected chi connectivity index (χ0v) is 17.9. The Morgan fingerprint density at radius 1 is 1.13 bits per heavy atom. The van der Waals surface area contributed by atoms with Crippen molar-refractivity contribution in [2.24, 2.45) is 5.92 Å². The quantitative estimate of drug-likeness (QED) is 0.711. The van der Waals surface area contributed by atoms with Gasteiger partial charge in [-0.1, -0.05) is 12.1 Å². The highest BCUT2D eigenvalue weighted by atomic mass is 16.2. The summed E-state index contributed by atoms with van der Waals surface area (Å²) in [5.74, 6) is 0.269. The summed E-state index contributed by atoms with van der Waals surface area (Å²) in [6.07, 6.45) is 6.84. The maximum absolute atomic E-state index is 13.0. The first-order valence-corrected chi connectivity index (χ1v) is 11.3. The molecule has 0 saturated carbocycles. The summed E-state index contributed by atoms with van der Waals surface area (Å²) in [4.78, 5) is 34.3. The van der Waals surface area contributed by atoms with Crippen LogP contribution in [0.15, 0.2) is 30.6 Å². The molecule has 2 amide bonds. The smallest absolute Gasteiger partial charge is 0.245 e. The summed E-state index contributed by atoms with van der Waals surface area (Å²) in [5, 5.41) is 3.10. The zero-order valence-electron chi connectivity index (χ0n) is 17.9. The molecule has 30 heavy (non-hydrogen) atoms. The molecule has 2 fully saturated rings. The maximum atomic E-state index is 13.0. The van der Waals surface area contributed by atoms with Crippen LogP contribution in [-0.4, -0.2) is 70.4 Å². The number of piperidine rings is 1. The van der Waals surface area contributed by atoms with Gasteiger partial charge in [-0.15, -0.1) is 0 Å². The molecule has 162 valence electrons. The molecular formula is C23H33N5O2. The van der Waals surface area contributed by atoms with E-state index in [1.807, 2.05) is 40.7 Å². The van der Waals surface area contributed by atoms with Gasteiger partial charge in [0.05, 0.1) is 17.4 Å². The van der Waals surface area contributed by atoms with E-state index in [0.29, 0.717) is 13.1 Å². The molecule has 2 aromatic rings. The minimum atomic E-state index is -0.298. The van der Waals surface area contributed by atoms with Gasteiger partial charge in [0.15, 0.2) is 0 Å². The van der Waals surface area contributed by atoms with E-state index in [2.05, 4.69) is 15.2 Å². The molecule has 1 N–H and O–H groups in total. The highest BCUT2D eigenvalue weighted by Gasteiger charge is 2.30. The fourth-order valence-electron chi connectivity index (χ4n) is 4.70. The van der Waals surface area contributed by atoms with Gasteiger partial charge < -0.3 is 19.7 Å². The maximum Gasteiger partial charge on any atom is 0.245 e. The summed E-state index contributed by atoms with van der Waals surface area (Å²) in [5.41, 5.74) is 1.87. The number of likely N-dealkylation sites (tertiary alicyclic amines) is 2. The minimum absolute atomic E-state index is 0.0187. The Balaban J connectivity index is 1.22. The zero-order chi connectivity index (χ0) is 20.9. The van der Waals surface area contributed by atoms with Gasteiger partial charge in [-0.2, -0.15) is 0 Å². The lowest BCUT2D eigenvalue weighted by Crippen LogP contribution is -2.45. The van der Waals surface area contributed by atoms with Crippen molar-refractivity contribution >= 4 is 22.8 Å². The SMILES string of the molecule is CC(C(=O)N1CCC(C(=O)NCCCN2CCCC2)CC1)n1cnc2ccccc21. The van der Waals surface area contributed by atoms with Crippen LogP contribution in [0.25, 0.3) is 11.0 Å². The largest absolute Gasteiger partial charge is 0.356 e.